The minimum absolute atomic E-state index is 0.0872. The van der Waals surface area contributed by atoms with Crippen molar-refractivity contribution in [3.05, 3.63) is 89.2 Å². The van der Waals surface area contributed by atoms with Gasteiger partial charge in [0.05, 0.1) is 0 Å². The first-order valence-electron chi connectivity index (χ1n) is 8.90. The smallest absolute Gasteiger partial charge is 0.224 e. The number of hydrogen-bond acceptors (Lipinski definition) is 2. The summed E-state index contributed by atoms with van der Waals surface area (Å²) in [4.78, 5) is 24.3. The van der Waals surface area contributed by atoms with E-state index in [2.05, 4.69) is 17.4 Å². The van der Waals surface area contributed by atoms with Gasteiger partial charge in [0, 0.05) is 24.1 Å². The third-order valence-electron chi connectivity index (χ3n) is 4.83. The highest BCUT2D eigenvalue weighted by atomic mass is 19.1. The van der Waals surface area contributed by atoms with Crippen molar-refractivity contribution < 1.29 is 14.0 Å². The molecular formula is C23H18FNO2. The van der Waals surface area contributed by atoms with Crippen LogP contribution < -0.4 is 5.32 Å². The van der Waals surface area contributed by atoms with Crippen LogP contribution in [0.1, 0.15) is 34.3 Å². The average molecular weight is 359 g/mol. The molecule has 134 valence electrons. The van der Waals surface area contributed by atoms with Gasteiger partial charge < -0.3 is 5.32 Å². The van der Waals surface area contributed by atoms with E-state index < -0.39 is 0 Å². The second-order valence-electron chi connectivity index (χ2n) is 6.68. The number of carbonyl (C=O) groups is 2. The number of anilines is 1. The normalized spacial score (nSPS) is 11.6. The zero-order valence-corrected chi connectivity index (χ0v) is 14.7. The van der Waals surface area contributed by atoms with Gasteiger partial charge in [0.25, 0.3) is 0 Å². The van der Waals surface area contributed by atoms with E-state index in [1.165, 1.54) is 41.0 Å². The van der Waals surface area contributed by atoms with E-state index in [-0.39, 0.29) is 30.3 Å². The van der Waals surface area contributed by atoms with Crippen LogP contribution >= 0.6 is 0 Å². The van der Waals surface area contributed by atoms with Crippen LogP contribution in [0.5, 0.6) is 0 Å². The molecule has 3 aromatic carbocycles. The van der Waals surface area contributed by atoms with Crippen LogP contribution in [0.3, 0.4) is 0 Å². The lowest BCUT2D eigenvalue weighted by Gasteiger charge is -2.08. The van der Waals surface area contributed by atoms with Crippen LogP contribution in [0.25, 0.3) is 11.1 Å². The van der Waals surface area contributed by atoms with E-state index in [0.717, 1.165) is 17.7 Å². The number of benzene rings is 3. The number of ketones is 1. The molecule has 0 saturated heterocycles. The highest BCUT2D eigenvalue weighted by Gasteiger charge is 2.18. The van der Waals surface area contributed by atoms with Gasteiger partial charge in [-0.1, -0.05) is 30.3 Å². The average Bonchev–Trinajstić information content (AvgIpc) is 3.05. The predicted octanol–water partition coefficient (Wildman–Crippen LogP) is 5.00. The molecule has 0 spiro atoms. The summed E-state index contributed by atoms with van der Waals surface area (Å²) in [5.74, 6) is -0.771. The van der Waals surface area contributed by atoms with E-state index in [9.17, 15) is 14.0 Å². The molecular weight excluding hydrogens is 341 g/mol. The fraction of sp³-hybridized carbons (Fsp3) is 0.130. The topological polar surface area (TPSA) is 46.2 Å². The van der Waals surface area contributed by atoms with Crippen molar-refractivity contribution in [1.29, 1.82) is 0 Å². The number of fused-ring (bicyclic) bond motifs is 3. The predicted molar refractivity (Wildman–Crippen MR) is 103 cm³/mol. The number of amides is 1. The van der Waals surface area contributed by atoms with Gasteiger partial charge in [-0.2, -0.15) is 0 Å². The van der Waals surface area contributed by atoms with Crippen LogP contribution in [0.2, 0.25) is 0 Å². The molecule has 1 N–H and O–H groups in total. The van der Waals surface area contributed by atoms with Gasteiger partial charge in [0.1, 0.15) is 5.82 Å². The third-order valence-corrected chi connectivity index (χ3v) is 4.83. The minimum Gasteiger partial charge on any atom is -0.326 e. The largest absolute Gasteiger partial charge is 0.326 e. The van der Waals surface area contributed by atoms with Gasteiger partial charge in [-0.25, -0.2) is 4.39 Å². The first-order valence-corrected chi connectivity index (χ1v) is 8.90. The van der Waals surface area contributed by atoms with Gasteiger partial charge in [-0.15, -0.1) is 0 Å². The number of Topliss-reactive ketones (excluding diaryl/α,β-unsaturated/α-hetero) is 1. The summed E-state index contributed by atoms with van der Waals surface area (Å²) < 4.78 is 12.9. The Bertz CT molecular complexity index is 1020. The maximum atomic E-state index is 12.9. The fourth-order valence-electron chi connectivity index (χ4n) is 3.43. The molecule has 0 bridgehead atoms. The first-order chi connectivity index (χ1) is 13.1. The lowest BCUT2D eigenvalue weighted by atomic mass is 10.0. The summed E-state index contributed by atoms with van der Waals surface area (Å²) >= 11 is 0. The van der Waals surface area contributed by atoms with Crippen LogP contribution in [0.4, 0.5) is 10.1 Å². The third kappa shape index (κ3) is 3.65. The summed E-state index contributed by atoms with van der Waals surface area (Å²) in [6.45, 7) is 0. The maximum Gasteiger partial charge on any atom is 0.224 e. The van der Waals surface area contributed by atoms with Gasteiger partial charge in [0.2, 0.25) is 5.91 Å². The number of carbonyl (C=O) groups excluding carboxylic acids is 2. The Morgan fingerprint density at radius 1 is 0.852 bits per heavy atom. The highest BCUT2D eigenvalue weighted by molar-refractivity contribution is 6.00. The van der Waals surface area contributed by atoms with E-state index >= 15 is 0 Å². The van der Waals surface area contributed by atoms with E-state index in [4.69, 9.17) is 0 Å². The molecule has 1 amide bonds. The molecule has 4 heteroatoms. The van der Waals surface area contributed by atoms with Crippen molar-refractivity contribution in [2.24, 2.45) is 0 Å². The van der Waals surface area contributed by atoms with Crippen LogP contribution in [-0.4, -0.2) is 11.7 Å². The molecule has 4 rings (SSSR count). The summed E-state index contributed by atoms with van der Waals surface area (Å²) in [6, 6.07) is 19.5. The summed E-state index contributed by atoms with van der Waals surface area (Å²) in [5.41, 5.74) is 6.03. The molecule has 0 atom stereocenters. The van der Waals surface area contributed by atoms with Crippen LogP contribution in [-0.2, 0) is 11.2 Å². The van der Waals surface area contributed by atoms with Crippen molar-refractivity contribution in [2.75, 3.05) is 5.32 Å². The quantitative estimate of drug-likeness (QED) is 0.510. The van der Waals surface area contributed by atoms with Crippen molar-refractivity contribution in [3.8, 4) is 11.1 Å². The molecule has 3 aromatic rings. The highest BCUT2D eigenvalue weighted by Crippen LogP contribution is 2.37. The molecule has 0 heterocycles. The fourth-order valence-corrected chi connectivity index (χ4v) is 3.43. The molecule has 0 unspecified atom stereocenters. The van der Waals surface area contributed by atoms with Crippen LogP contribution in [0.15, 0.2) is 66.7 Å². The number of nitrogens with one attached hydrogen (secondary N) is 1. The Hall–Kier alpha value is -3.27. The lowest BCUT2D eigenvalue weighted by Crippen LogP contribution is -2.13. The van der Waals surface area contributed by atoms with E-state index in [0.29, 0.717) is 5.56 Å². The van der Waals surface area contributed by atoms with Gasteiger partial charge in [0.15, 0.2) is 5.78 Å². The second-order valence-corrected chi connectivity index (χ2v) is 6.68. The zero-order valence-electron chi connectivity index (χ0n) is 14.7. The summed E-state index contributed by atoms with van der Waals surface area (Å²) in [7, 11) is 0. The molecule has 0 saturated carbocycles. The van der Waals surface area contributed by atoms with Gasteiger partial charge in [-0.3, -0.25) is 9.59 Å². The SMILES string of the molecule is O=C(CCC(=O)c1ccc(F)cc1)Nc1ccc2c(c1)-c1ccccc1C2. The Labute approximate surface area is 156 Å². The Morgan fingerprint density at radius 2 is 1.59 bits per heavy atom. The molecule has 1 aliphatic rings. The number of rotatable bonds is 5. The Morgan fingerprint density at radius 3 is 2.41 bits per heavy atom. The molecule has 0 aliphatic heterocycles. The van der Waals surface area contributed by atoms with Crippen molar-refractivity contribution in [3.63, 3.8) is 0 Å². The van der Waals surface area contributed by atoms with E-state index in [1.807, 2.05) is 30.3 Å². The molecule has 0 fully saturated rings. The Kier molecular flexibility index (Phi) is 4.55. The lowest BCUT2D eigenvalue weighted by molar-refractivity contribution is -0.116. The molecule has 1 aliphatic carbocycles. The zero-order chi connectivity index (χ0) is 18.8. The monoisotopic (exact) mass is 359 g/mol. The maximum absolute atomic E-state index is 12.9. The number of hydrogen-bond donors (Lipinski definition) is 1. The second kappa shape index (κ2) is 7.16. The standard InChI is InChI=1S/C23H18FNO2/c24-18-8-5-15(6-9-18)22(26)11-12-23(27)25-19-10-7-17-13-16-3-1-2-4-20(16)21(17)14-19/h1-10,14H,11-13H2,(H,25,27). The van der Waals surface area contributed by atoms with Gasteiger partial charge in [-0.05, 0) is 65.1 Å². The van der Waals surface area contributed by atoms with Gasteiger partial charge >= 0.3 is 0 Å². The van der Waals surface area contributed by atoms with Crippen molar-refractivity contribution in [1.82, 2.24) is 0 Å². The van der Waals surface area contributed by atoms with Crippen molar-refractivity contribution >= 4 is 17.4 Å². The van der Waals surface area contributed by atoms with Crippen LogP contribution in [0, 0.1) is 5.82 Å². The molecule has 27 heavy (non-hydrogen) atoms. The Balaban J connectivity index is 1.39. The van der Waals surface area contributed by atoms with Crippen molar-refractivity contribution in [2.45, 2.75) is 19.3 Å². The minimum atomic E-state index is -0.387. The molecule has 0 aromatic heterocycles. The first kappa shape index (κ1) is 17.2. The summed E-state index contributed by atoms with van der Waals surface area (Å²) in [6.07, 6.45) is 1.08. The summed E-state index contributed by atoms with van der Waals surface area (Å²) in [5, 5.41) is 2.87. The number of halogens is 1. The molecule has 3 nitrogen and oxygen atoms in total. The van der Waals surface area contributed by atoms with E-state index in [1.54, 1.807) is 0 Å². The molecule has 0 radical (unpaired) electrons.